The van der Waals surface area contributed by atoms with Gasteiger partial charge in [-0.3, -0.25) is 0 Å². The van der Waals surface area contributed by atoms with Crippen LogP contribution in [0.2, 0.25) is 0 Å². The molecule has 0 saturated carbocycles. The number of thiophene rings is 1. The first-order chi connectivity index (χ1) is 8.22. The Morgan fingerprint density at radius 2 is 2.41 bits per heavy atom. The summed E-state index contributed by atoms with van der Waals surface area (Å²) < 4.78 is 4.97. The van der Waals surface area contributed by atoms with Crippen LogP contribution < -0.4 is 10.6 Å². The fourth-order valence-corrected chi connectivity index (χ4v) is 2.61. The van der Waals surface area contributed by atoms with Crippen molar-refractivity contribution in [1.82, 2.24) is 10.6 Å². The fraction of sp³-hybridized carbons (Fsp3) is 0.583. The van der Waals surface area contributed by atoms with Crippen molar-refractivity contribution in [3.8, 4) is 0 Å². The molecule has 1 heterocycles. The lowest BCUT2D eigenvalue weighted by atomic mass is 10.2. The van der Waals surface area contributed by atoms with Gasteiger partial charge in [0.25, 0.3) is 0 Å². The summed E-state index contributed by atoms with van der Waals surface area (Å²) in [5, 5.41) is 9.28. The van der Waals surface area contributed by atoms with Gasteiger partial charge in [-0.15, -0.1) is 11.3 Å². The lowest BCUT2D eigenvalue weighted by Gasteiger charge is -2.16. The van der Waals surface area contributed by atoms with E-state index in [9.17, 15) is 0 Å². The van der Waals surface area contributed by atoms with Crippen LogP contribution in [0.15, 0.2) is 17.5 Å². The lowest BCUT2D eigenvalue weighted by Crippen LogP contribution is -2.41. The number of methoxy groups -OCH3 is 1. The molecule has 1 rings (SSSR count). The Labute approximate surface area is 113 Å². The molecule has 96 valence electrons. The number of hydrogen-bond donors (Lipinski definition) is 2. The van der Waals surface area contributed by atoms with Crippen LogP contribution in [0.4, 0.5) is 0 Å². The molecule has 0 aliphatic carbocycles. The summed E-state index contributed by atoms with van der Waals surface area (Å²) in [7, 11) is 1.71. The van der Waals surface area contributed by atoms with Crippen LogP contribution in [-0.4, -0.2) is 31.4 Å². The maximum Gasteiger partial charge on any atom is 0.166 e. The summed E-state index contributed by atoms with van der Waals surface area (Å²) in [5.74, 6) is 0. The van der Waals surface area contributed by atoms with Crippen LogP contribution in [0, 0.1) is 0 Å². The van der Waals surface area contributed by atoms with Crippen molar-refractivity contribution < 1.29 is 4.74 Å². The summed E-state index contributed by atoms with van der Waals surface area (Å²) in [5.41, 5.74) is 0. The van der Waals surface area contributed by atoms with E-state index in [1.807, 2.05) is 0 Å². The van der Waals surface area contributed by atoms with E-state index < -0.39 is 0 Å². The second-order valence-electron chi connectivity index (χ2n) is 3.93. The van der Waals surface area contributed by atoms with Gasteiger partial charge in [-0.05, 0) is 37.0 Å². The number of ether oxygens (including phenoxy) is 1. The summed E-state index contributed by atoms with van der Waals surface area (Å²) in [6.45, 7) is 3.76. The molecule has 17 heavy (non-hydrogen) atoms. The highest BCUT2D eigenvalue weighted by Crippen LogP contribution is 2.10. The van der Waals surface area contributed by atoms with E-state index in [-0.39, 0.29) is 0 Å². The van der Waals surface area contributed by atoms with E-state index in [0.29, 0.717) is 6.04 Å². The molecule has 1 aromatic heterocycles. The minimum Gasteiger partial charge on any atom is -0.385 e. The van der Waals surface area contributed by atoms with Crippen LogP contribution in [0.1, 0.15) is 18.2 Å². The highest BCUT2D eigenvalue weighted by Gasteiger charge is 2.05. The van der Waals surface area contributed by atoms with Crippen LogP contribution in [0.5, 0.6) is 0 Å². The molecule has 0 aliphatic heterocycles. The van der Waals surface area contributed by atoms with Gasteiger partial charge in [-0.25, -0.2) is 0 Å². The normalized spacial score (nSPS) is 12.1. The Morgan fingerprint density at radius 3 is 3.06 bits per heavy atom. The molecule has 0 radical (unpaired) electrons. The Morgan fingerprint density at radius 1 is 1.59 bits per heavy atom. The monoisotopic (exact) mass is 272 g/mol. The predicted molar refractivity (Wildman–Crippen MR) is 77.7 cm³/mol. The molecule has 1 unspecified atom stereocenters. The van der Waals surface area contributed by atoms with Crippen molar-refractivity contribution >= 4 is 28.7 Å². The molecule has 1 atom stereocenters. The van der Waals surface area contributed by atoms with Gasteiger partial charge in [0.15, 0.2) is 5.11 Å². The van der Waals surface area contributed by atoms with Gasteiger partial charge < -0.3 is 15.4 Å². The maximum atomic E-state index is 5.22. The Bertz CT molecular complexity index is 314. The summed E-state index contributed by atoms with van der Waals surface area (Å²) in [6.07, 6.45) is 1.98. The van der Waals surface area contributed by atoms with E-state index in [2.05, 4.69) is 35.1 Å². The average molecular weight is 272 g/mol. The third kappa shape index (κ3) is 6.61. The first kappa shape index (κ1) is 14.4. The smallest absolute Gasteiger partial charge is 0.166 e. The van der Waals surface area contributed by atoms with Gasteiger partial charge in [0, 0.05) is 37.6 Å². The third-order valence-electron chi connectivity index (χ3n) is 2.28. The standard InChI is InChI=1S/C12H20N2OS2/c1-10(9-11-5-3-8-17-11)14-12(16)13-6-4-7-15-2/h3,5,8,10H,4,6-7,9H2,1-2H3,(H2,13,14,16). The van der Waals surface area contributed by atoms with Gasteiger partial charge in [-0.1, -0.05) is 6.07 Å². The zero-order valence-corrected chi connectivity index (χ0v) is 12.0. The fourth-order valence-electron chi connectivity index (χ4n) is 1.47. The van der Waals surface area contributed by atoms with Gasteiger partial charge in [0.2, 0.25) is 0 Å². The summed E-state index contributed by atoms with van der Waals surface area (Å²) in [4.78, 5) is 1.38. The molecule has 3 nitrogen and oxygen atoms in total. The topological polar surface area (TPSA) is 33.3 Å². The molecule has 1 aromatic rings. The Hall–Kier alpha value is -0.650. The second kappa shape index (κ2) is 8.44. The molecular weight excluding hydrogens is 252 g/mol. The number of hydrogen-bond acceptors (Lipinski definition) is 3. The highest BCUT2D eigenvalue weighted by molar-refractivity contribution is 7.80. The summed E-state index contributed by atoms with van der Waals surface area (Å²) in [6, 6.07) is 4.59. The van der Waals surface area contributed by atoms with Gasteiger partial charge >= 0.3 is 0 Å². The van der Waals surface area contributed by atoms with Crippen LogP contribution in [0.3, 0.4) is 0 Å². The summed E-state index contributed by atoms with van der Waals surface area (Å²) >= 11 is 7.00. The molecule has 0 bridgehead atoms. The molecular formula is C12H20N2OS2. The van der Waals surface area contributed by atoms with E-state index in [4.69, 9.17) is 17.0 Å². The van der Waals surface area contributed by atoms with Crippen molar-refractivity contribution in [3.63, 3.8) is 0 Å². The molecule has 0 spiro atoms. The Kier molecular flexibility index (Phi) is 7.16. The van der Waals surface area contributed by atoms with E-state index in [1.165, 1.54) is 4.88 Å². The maximum absolute atomic E-state index is 5.22. The van der Waals surface area contributed by atoms with Crippen LogP contribution >= 0.6 is 23.6 Å². The number of nitrogens with one attached hydrogen (secondary N) is 2. The molecule has 0 amide bonds. The molecule has 5 heteroatoms. The number of rotatable bonds is 7. The molecule has 0 aliphatic rings. The van der Waals surface area contributed by atoms with Gasteiger partial charge in [0.05, 0.1) is 0 Å². The Balaban J connectivity index is 2.13. The zero-order valence-electron chi connectivity index (χ0n) is 10.4. The minimum absolute atomic E-state index is 0.357. The number of thiocarbonyl (C=S) groups is 1. The average Bonchev–Trinajstić information content (AvgIpc) is 2.77. The highest BCUT2D eigenvalue weighted by atomic mass is 32.1. The lowest BCUT2D eigenvalue weighted by molar-refractivity contribution is 0.195. The molecule has 0 saturated heterocycles. The van der Waals surface area contributed by atoms with Crippen LogP contribution in [-0.2, 0) is 11.2 Å². The van der Waals surface area contributed by atoms with E-state index in [0.717, 1.165) is 31.1 Å². The minimum atomic E-state index is 0.357. The van der Waals surface area contributed by atoms with Crippen molar-refractivity contribution in [2.45, 2.75) is 25.8 Å². The third-order valence-corrected chi connectivity index (χ3v) is 3.44. The molecule has 0 fully saturated rings. The predicted octanol–water partition coefficient (Wildman–Crippen LogP) is 2.18. The quantitative estimate of drug-likeness (QED) is 0.589. The van der Waals surface area contributed by atoms with Crippen LogP contribution in [0.25, 0.3) is 0 Å². The first-order valence-electron chi connectivity index (χ1n) is 5.78. The molecule has 0 aromatic carbocycles. The van der Waals surface area contributed by atoms with Crippen molar-refractivity contribution in [3.05, 3.63) is 22.4 Å². The van der Waals surface area contributed by atoms with E-state index >= 15 is 0 Å². The zero-order chi connectivity index (χ0) is 12.5. The van der Waals surface area contributed by atoms with Gasteiger partial charge in [-0.2, -0.15) is 0 Å². The van der Waals surface area contributed by atoms with E-state index in [1.54, 1.807) is 18.4 Å². The SMILES string of the molecule is COCCCNC(=S)NC(C)Cc1cccs1. The molecule has 2 N–H and O–H groups in total. The largest absolute Gasteiger partial charge is 0.385 e. The van der Waals surface area contributed by atoms with Crippen molar-refractivity contribution in [1.29, 1.82) is 0 Å². The second-order valence-corrected chi connectivity index (χ2v) is 5.37. The van der Waals surface area contributed by atoms with Crippen molar-refractivity contribution in [2.75, 3.05) is 20.3 Å². The van der Waals surface area contributed by atoms with Crippen molar-refractivity contribution in [2.24, 2.45) is 0 Å². The first-order valence-corrected chi connectivity index (χ1v) is 7.07. The van der Waals surface area contributed by atoms with Gasteiger partial charge in [0.1, 0.15) is 0 Å².